The second-order valence-corrected chi connectivity index (χ2v) is 4.35. The summed E-state index contributed by atoms with van der Waals surface area (Å²) in [4.78, 5) is 20.2. The average molecular weight is 286 g/mol. The van der Waals surface area contributed by atoms with Gasteiger partial charge in [-0.15, -0.1) is 0 Å². The molecule has 0 saturated heterocycles. The number of nitrogens with zero attached hydrogens (tertiary/aromatic N) is 2. The van der Waals surface area contributed by atoms with Crippen molar-refractivity contribution in [3.8, 4) is 0 Å². The van der Waals surface area contributed by atoms with Crippen molar-refractivity contribution in [1.82, 2.24) is 15.3 Å². The molecule has 21 heavy (non-hydrogen) atoms. The Labute approximate surface area is 123 Å². The summed E-state index contributed by atoms with van der Waals surface area (Å²) in [5, 5.41) is 5.95. The van der Waals surface area contributed by atoms with E-state index in [1.807, 2.05) is 24.3 Å². The van der Waals surface area contributed by atoms with Gasteiger partial charge in [0.2, 0.25) is 0 Å². The Morgan fingerprint density at radius 1 is 1.24 bits per heavy atom. The first-order chi connectivity index (χ1) is 10.3. The van der Waals surface area contributed by atoms with E-state index in [4.69, 9.17) is 4.74 Å². The standard InChI is InChI=1S/C15H18N4O2/c1-21-9-8-18-15(20)14-10-12(5-7-17-14)19-11-13-4-2-3-6-16-13/h2-7,10H,8-9,11H2,1H3,(H,17,19)(H,18,20). The fourth-order valence-corrected chi connectivity index (χ4v) is 1.72. The van der Waals surface area contributed by atoms with Crippen LogP contribution in [0.5, 0.6) is 0 Å². The van der Waals surface area contributed by atoms with Gasteiger partial charge < -0.3 is 15.4 Å². The predicted molar refractivity (Wildman–Crippen MR) is 80.0 cm³/mol. The van der Waals surface area contributed by atoms with Crippen LogP contribution < -0.4 is 10.6 Å². The highest BCUT2D eigenvalue weighted by Gasteiger charge is 2.07. The van der Waals surface area contributed by atoms with E-state index in [9.17, 15) is 4.79 Å². The van der Waals surface area contributed by atoms with Crippen LogP contribution >= 0.6 is 0 Å². The lowest BCUT2D eigenvalue weighted by molar-refractivity contribution is 0.0932. The van der Waals surface area contributed by atoms with E-state index in [-0.39, 0.29) is 5.91 Å². The molecule has 0 atom stereocenters. The first-order valence-electron chi connectivity index (χ1n) is 6.66. The molecule has 0 aliphatic rings. The molecule has 110 valence electrons. The van der Waals surface area contributed by atoms with Crippen molar-refractivity contribution in [2.24, 2.45) is 0 Å². The maximum absolute atomic E-state index is 11.9. The number of hydrogen-bond acceptors (Lipinski definition) is 5. The van der Waals surface area contributed by atoms with Crippen molar-refractivity contribution < 1.29 is 9.53 Å². The highest BCUT2D eigenvalue weighted by atomic mass is 16.5. The lowest BCUT2D eigenvalue weighted by Gasteiger charge is -2.08. The van der Waals surface area contributed by atoms with Crippen LogP contribution in [0.25, 0.3) is 0 Å². The Kier molecular flexibility index (Phi) is 5.66. The summed E-state index contributed by atoms with van der Waals surface area (Å²) in [5.41, 5.74) is 2.13. The fourth-order valence-electron chi connectivity index (χ4n) is 1.72. The van der Waals surface area contributed by atoms with Crippen molar-refractivity contribution in [1.29, 1.82) is 0 Å². The predicted octanol–water partition coefficient (Wildman–Crippen LogP) is 1.46. The number of ether oxygens (including phenoxy) is 1. The Bertz CT molecular complexity index is 575. The molecule has 2 aromatic rings. The highest BCUT2D eigenvalue weighted by Crippen LogP contribution is 2.09. The molecule has 0 fully saturated rings. The second-order valence-electron chi connectivity index (χ2n) is 4.35. The Hall–Kier alpha value is -2.47. The maximum Gasteiger partial charge on any atom is 0.270 e. The van der Waals surface area contributed by atoms with E-state index in [2.05, 4.69) is 20.6 Å². The van der Waals surface area contributed by atoms with Crippen LogP contribution in [0.4, 0.5) is 5.69 Å². The minimum absolute atomic E-state index is 0.214. The molecular formula is C15H18N4O2. The molecule has 0 spiro atoms. The number of rotatable bonds is 7. The minimum Gasteiger partial charge on any atom is -0.383 e. The lowest BCUT2D eigenvalue weighted by Crippen LogP contribution is -2.27. The van der Waals surface area contributed by atoms with Crippen LogP contribution in [0.3, 0.4) is 0 Å². The topological polar surface area (TPSA) is 76.1 Å². The monoisotopic (exact) mass is 286 g/mol. The zero-order valence-corrected chi connectivity index (χ0v) is 11.9. The molecule has 2 heterocycles. The molecule has 0 radical (unpaired) electrons. The SMILES string of the molecule is COCCNC(=O)c1cc(NCc2ccccn2)ccn1. The third-order valence-electron chi connectivity index (χ3n) is 2.78. The van der Waals surface area contributed by atoms with Gasteiger partial charge in [0.1, 0.15) is 5.69 Å². The van der Waals surface area contributed by atoms with Gasteiger partial charge in [-0.3, -0.25) is 14.8 Å². The number of anilines is 1. The quantitative estimate of drug-likeness (QED) is 0.754. The van der Waals surface area contributed by atoms with Gasteiger partial charge in [-0.05, 0) is 24.3 Å². The number of carbonyl (C=O) groups is 1. The van der Waals surface area contributed by atoms with Gasteiger partial charge in [0.05, 0.1) is 18.8 Å². The maximum atomic E-state index is 11.9. The second kappa shape index (κ2) is 7.96. The number of pyridine rings is 2. The van der Waals surface area contributed by atoms with Gasteiger partial charge in [0.25, 0.3) is 5.91 Å². The van der Waals surface area contributed by atoms with Crippen molar-refractivity contribution >= 4 is 11.6 Å². The van der Waals surface area contributed by atoms with Crippen molar-refractivity contribution in [3.05, 3.63) is 54.1 Å². The van der Waals surface area contributed by atoms with Crippen LogP contribution in [-0.2, 0) is 11.3 Å². The van der Waals surface area contributed by atoms with Gasteiger partial charge in [-0.25, -0.2) is 0 Å². The van der Waals surface area contributed by atoms with E-state index in [1.165, 1.54) is 0 Å². The van der Waals surface area contributed by atoms with E-state index >= 15 is 0 Å². The average Bonchev–Trinajstić information content (AvgIpc) is 2.54. The van der Waals surface area contributed by atoms with Gasteiger partial charge in [0.15, 0.2) is 0 Å². The number of amides is 1. The van der Waals surface area contributed by atoms with Gasteiger partial charge in [0, 0.05) is 31.7 Å². The first-order valence-corrected chi connectivity index (χ1v) is 6.66. The molecule has 6 heteroatoms. The van der Waals surface area contributed by atoms with Crippen molar-refractivity contribution in [2.75, 3.05) is 25.6 Å². The summed E-state index contributed by atoms with van der Waals surface area (Å²) in [6.07, 6.45) is 3.35. The van der Waals surface area contributed by atoms with Crippen LogP contribution in [-0.4, -0.2) is 36.1 Å². The molecule has 1 amide bonds. The summed E-state index contributed by atoms with van der Waals surface area (Å²) >= 11 is 0. The zero-order valence-electron chi connectivity index (χ0n) is 11.9. The smallest absolute Gasteiger partial charge is 0.270 e. The Morgan fingerprint density at radius 3 is 2.90 bits per heavy atom. The van der Waals surface area contributed by atoms with Crippen LogP contribution in [0.2, 0.25) is 0 Å². The molecule has 0 unspecified atom stereocenters. The molecule has 0 aromatic carbocycles. The Morgan fingerprint density at radius 2 is 2.14 bits per heavy atom. The first kappa shape index (κ1) is 14.9. The van der Waals surface area contributed by atoms with Gasteiger partial charge in [-0.2, -0.15) is 0 Å². The number of nitrogens with one attached hydrogen (secondary N) is 2. The van der Waals surface area contributed by atoms with Crippen molar-refractivity contribution in [3.63, 3.8) is 0 Å². The van der Waals surface area contributed by atoms with Gasteiger partial charge in [-0.1, -0.05) is 6.07 Å². The van der Waals surface area contributed by atoms with Gasteiger partial charge >= 0.3 is 0 Å². The number of carbonyl (C=O) groups excluding carboxylic acids is 1. The minimum atomic E-state index is -0.214. The summed E-state index contributed by atoms with van der Waals surface area (Å²) in [5.74, 6) is -0.214. The molecule has 0 saturated carbocycles. The molecule has 0 bridgehead atoms. The third kappa shape index (κ3) is 4.85. The molecule has 6 nitrogen and oxygen atoms in total. The molecule has 2 aromatic heterocycles. The van der Waals surface area contributed by atoms with Crippen molar-refractivity contribution in [2.45, 2.75) is 6.54 Å². The summed E-state index contributed by atoms with van der Waals surface area (Å²) in [7, 11) is 1.59. The molecule has 0 aliphatic heterocycles. The largest absolute Gasteiger partial charge is 0.383 e. The Balaban J connectivity index is 1.92. The molecule has 2 rings (SSSR count). The zero-order chi connectivity index (χ0) is 14.9. The van der Waals surface area contributed by atoms with E-state index < -0.39 is 0 Å². The summed E-state index contributed by atoms with van der Waals surface area (Å²) < 4.78 is 4.88. The highest BCUT2D eigenvalue weighted by molar-refractivity contribution is 5.93. The number of aromatic nitrogens is 2. The third-order valence-corrected chi connectivity index (χ3v) is 2.78. The van der Waals surface area contributed by atoms with Crippen LogP contribution in [0.15, 0.2) is 42.7 Å². The molecule has 0 aliphatic carbocycles. The van der Waals surface area contributed by atoms with Crippen LogP contribution in [0.1, 0.15) is 16.2 Å². The van der Waals surface area contributed by atoms with Crippen LogP contribution in [0, 0.1) is 0 Å². The molecule has 2 N–H and O–H groups in total. The lowest BCUT2D eigenvalue weighted by atomic mass is 10.3. The summed E-state index contributed by atoms with van der Waals surface area (Å²) in [6.45, 7) is 1.53. The number of hydrogen-bond donors (Lipinski definition) is 2. The summed E-state index contributed by atoms with van der Waals surface area (Å²) in [6, 6.07) is 9.27. The fraction of sp³-hybridized carbons (Fsp3) is 0.267. The van der Waals surface area contributed by atoms with E-state index in [0.717, 1.165) is 11.4 Å². The number of methoxy groups -OCH3 is 1. The normalized spacial score (nSPS) is 10.1. The molecular weight excluding hydrogens is 268 g/mol. The van der Waals surface area contributed by atoms with E-state index in [0.29, 0.717) is 25.4 Å². The van der Waals surface area contributed by atoms with E-state index in [1.54, 1.807) is 25.6 Å².